The Balaban J connectivity index is 2.08. The monoisotopic (exact) mass is 274 g/mol. The van der Waals surface area contributed by atoms with Gasteiger partial charge in [0.1, 0.15) is 4.90 Å². The molecule has 5 nitrogen and oxygen atoms in total. The number of nitrogens with one attached hydrogen (secondary N) is 2. The predicted molar refractivity (Wildman–Crippen MR) is 67.7 cm³/mol. The number of thioether (sulfide) groups is 1. The third-order valence-corrected chi connectivity index (χ3v) is 5.45. The fraction of sp³-hybridized carbons (Fsp3) is 0.500. The lowest BCUT2D eigenvalue weighted by Gasteiger charge is -2.10. The Morgan fingerprint density at radius 3 is 3.00 bits per heavy atom. The number of aromatic nitrogens is 1. The second kappa shape index (κ2) is 5.24. The van der Waals surface area contributed by atoms with E-state index in [1.54, 1.807) is 11.8 Å². The molecular weight excluding hydrogens is 260 g/mol. The van der Waals surface area contributed by atoms with Crippen molar-refractivity contribution >= 4 is 21.8 Å². The molecule has 1 unspecified atom stereocenters. The van der Waals surface area contributed by atoms with Crippen LogP contribution in [0.25, 0.3) is 0 Å². The lowest BCUT2D eigenvalue weighted by molar-refractivity contribution is 0.578. The number of hydrogen-bond donors (Lipinski definition) is 2. The first-order valence-electron chi connectivity index (χ1n) is 5.38. The van der Waals surface area contributed by atoms with E-state index >= 15 is 0 Å². The molecular formula is C10H14N2O3S2. The molecule has 94 valence electrons. The van der Waals surface area contributed by atoms with Gasteiger partial charge < -0.3 is 4.98 Å². The zero-order valence-electron chi connectivity index (χ0n) is 9.18. The van der Waals surface area contributed by atoms with Crippen LogP contribution in [-0.4, -0.2) is 30.9 Å². The van der Waals surface area contributed by atoms with Gasteiger partial charge in [-0.2, -0.15) is 11.8 Å². The zero-order chi connectivity index (χ0) is 12.3. The van der Waals surface area contributed by atoms with Crippen molar-refractivity contribution in [1.29, 1.82) is 0 Å². The van der Waals surface area contributed by atoms with Crippen LogP contribution in [0.3, 0.4) is 0 Å². The highest BCUT2D eigenvalue weighted by atomic mass is 32.2. The van der Waals surface area contributed by atoms with Crippen LogP contribution in [0.2, 0.25) is 0 Å². The summed E-state index contributed by atoms with van der Waals surface area (Å²) in [6.07, 6.45) is 4.78. The second-order valence-electron chi connectivity index (χ2n) is 3.86. The van der Waals surface area contributed by atoms with Gasteiger partial charge in [0.15, 0.2) is 0 Å². The standard InChI is InChI=1S/C10H14N2O3S2/c13-9-3-4-11-7-10(9)17(14,15)12-6-8-2-1-5-16-8/h3-4,7-8,12H,1-2,5-6H2,(H,11,13). The minimum Gasteiger partial charge on any atom is -0.366 e. The maximum Gasteiger partial charge on any atom is 0.245 e. The summed E-state index contributed by atoms with van der Waals surface area (Å²) in [6, 6.07) is 1.21. The van der Waals surface area contributed by atoms with E-state index in [-0.39, 0.29) is 4.90 Å². The fourth-order valence-corrected chi connectivity index (χ4v) is 4.14. The molecule has 0 amide bonds. The number of pyridine rings is 1. The Morgan fingerprint density at radius 1 is 1.53 bits per heavy atom. The number of hydrogen-bond acceptors (Lipinski definition) is 4. The molecule has 2 heterocycles. The van der Waals surface area contributed by atoms with E-state index in [0.29, 0.717) is 11.8 Å². The number of aromatic amines is 1. The number of H-pyrrole nitrogens is 1. The largest absolute Gasteiger partial charge is 0.366 e. The van der Waals surface area contributed by atoms with Gasteiger partial charge >= 0.3 is 0 Å². The molecule has 1 fully saturated rings. The molecule has 1 aromatic heterocycles. The van der Waals surface area contributed by atoms with Crippen LogP contribution in [-0.2, 0) is 10.0 Å². The zero-order valence-corrected chi connectivity index (χ0v) is 10.8. The summed E-state index contributed by atoms with van der Waals surface area (Å²) in [5.41, 5.74) is -0.490. The lowest BCUT2D eigenvalue weighted by atomic mass is 10.2. The first-order valence-corrected chi connectivity index (χ1v) is 7.91. The molecule has 1 atom stereocenters. The van der Waals surface area contributed by atoms with Gasteiger partial charge in [-0.1, -0.05) is 0 Å². The lowest BCUT2D eigenvalue weighted by Crippen LogP contribution is -2.32. The second-order valence-corrected chi connectivity index (χ2v) is 7.00. The van der Waals surface area contributed by atoms with Gasteiger partial charge in [-0.15, -0.1) is 0 Å². The molecule has 0 spiro atoms. The molecule has 1 aliphatic heterocycles. The minimum atomic E-state index is -3.69. The Kier molecular flexibility index (Phi) is 3.90. The average molecular weight is 274 g/mol. The summed E-state index contributed by atoms with van der Waals surface area (Å²) in [5, 5.41) is 0.326. The van der Waals surface area contributed by atoms with Gasteiger partial charge in [-0.3, -0.25) is 4.79 Å². The number of sulfonamides is 1. The quantitative estimate of drug-likeness (QED) is 0.840. The highest BCUT2D eigenvalue weighted by Gasteiger charge is 2.21. The SMILES string of the molecule is O=c1cc[nH]cc1S(=O)(=O)NCC1CCCS1. The van der Waals surface area contributed by atoms with E-state index in [1.165, 1.54) is 18.5 Å². The first-order chi connectivity index (χ1) is 8.09. The molecule has 2 N–H and O–H groups in total. The first kappa shape index (κ1) is 12.7. The summed E-state index contributed by atoms with van der Waals surface area (Å²) in [6.45, 7) is 0.390. The molecule has 17 heavy (non-hydrogen) atoms. The third-order valence-electron chi connectivity index (χ3n) is 2.60. The van der Waals surface area contributed by atoms with Crippen LogP contribution in [0.1, 0.15) is 12.8 Å². The summed E-state index contributed by atoms with van der Waals surface area (Å²) in [7, 11) is -3.69. The van der Waals surface area contributed by atoms with Crippen LogP contribution in [0.15, 0.2) is 28.2 Å². The van der Waals surface area contributed by atoms with Crippen LogP contribution in [0, 0.1) is 0 Å². The highest BCUT2D eigenvalue weighted by molar-refractivity contribution is 8.00. The summed E-state index contributed by atoms with van der Waals surface area (Å²) >= 11 is 1.77. The molecule has 0 aliphatic carbocycles. The van der Waals surface area contributed by atoms with Crippen LogP contribution in [0.5, 0.6) is 0 Å². The highest BCUT2D eigenvalue weighted by Crippen LogP contribution is 2.25. The van der Waals surface area contributed by atoms with Crippen LogP contribution in [0.4, 0.5) is 0 Å². The molecule has 0 radical (unpaired) electrons. The average Bonchev–Trinajstić information content (AvgIpc) is 2.80. The summed E-state index contributed by atoms with van der Waals surface area (Å²) in [4.78, 5) is 13.8. The Morgan fingerprint density at radius 2 is 2.35 bits per heavy atom. The van der Waals surface area contributed by atoms with Gasteiger partial charge in [0, 0.05) is 30.3 Å². The van der Waals surface area contributed by atoms with Gasteiger partial charge in [0.05, 0.1) is 0 Å². The molecule has 0 bridgehead atoms. The van der Waals surface area contributed by atoms with Gasteiger partial charge in [-0.05, 0) is 18.6 Å². The maximum absolute atomic E-state index is 11.9. The minimum absolute atomic E-state index is 0.219. The molecule has 7 heteroatoms. The topological polar surface area (TPSA) is 79.0 Å². The van der Waals surface area contributed by atoms with E-state index in [4.69, 9.17) is 0 Å². The van der Waals surface area contributed by atoms with E-state index in [1.807, 2.05) is 0 Å². The van der Waals surface area contributed by atoms with E-state index < -0.39 is 15.5 Å². The summed E-state index contributed by atoms with van der Waals surface area (Å²) < 4.78 is 26.2. The Hall–Kier alpha value is -0.790. The van der Waals surface area contributed by atoms with E-state index in [9.17, 15) is 13.2 Å². The Bertz CT molecular complexity index is 532. The maximum atomic E-state index is 11.9. The number of rotatable bonds is 4. The van der Waals surface area contributed by atoms with Crippen molar-refractivity contribution in [1.82, 2.24) is 9.71 Å². The van der Waals surface area contributed by atoms with Crippen molar-refractivity contribution in [3.63, 3.8) is 0 Å². The van der Waals surface area contributed by atoms with Crippen LogP contribution >= 0.6 is 11.8 Å². The molecule has 0 saturated carbocycles. The predicted octanol–water partition coefficient (Wildman–Crippen LogP) is 0.549. The molecule has 2 rings (SSSR count). The fourth-order valence-electron chi connectivity index (χ4n) is 1.70. The van der Waals surface area contributed by atoms with Crippen LogP contribution < -0.4 is 10.2 Å². The van der Waals surface area contributed by atoms with Gasteiger partial charge in [0.2, 0.25) is 15.5 Å². The Labute approximate surface area is 104 Å². The molecule has 1 aliphatic rings. The normalized spacial score (nSPS) is 20.6. The molecule has 1 saturated heterocycles. The van der Waals surface area contributed by atoms with Crippen molar-refractivity contribution in [3.05, 3.63) is 28.7 Å². The molecule has 0 aromatic carbocycles. The third kappa shape index (κ3) is 3.11. The van der Waals surface area contributed by atoms with Gasteiger partial charge in [0.25, 0.3) is 0 Å². The van der Waals surface area contributed by atoms with Crippen molar-refractivity contribution in [2.24, 2.45) is 0 Å². The summed E-state index contributed by atoms with van der Waals surface area (Å²) in [5.74, 6) is 1.08. The van der Waals surface area contributed by atoms with Gasteiger partial charge in [-0.25, -0.2) is 13.1 Å². The van der Waals surface area contributed by atoms with Crippen molar-refractivity contribution in [2.45, 2.75) is 23.0 Å². The van der Waals surface area contributed by atoms with Crippen molar-refractivity contribution < 1.29 is 8.42 Å². The van der Waals surface area contributed by atoms with E-state index in [2.05, 4.69) is 9.71 Å². The smallest absolute Gasteiger partial charge is 0.245 e. The van der Waals surface area contributed by atoms with E-state index in [0.717, 1.165) is 18.6 Å². The molecule has 1 aromatic rings. The van der Waals surface area contributed by atoms with Crippen molar-refractivity contribution in [3.8, 4) is 0 Å². The van der Waals surface area contributed by atoms with Crippen molar-refractivity contribution in [2.75, 3.05) is 12.3 Å².